The fourth-order valence-electron chi connectivity index (χ4n) is 2.56. The van der Waals surface area contributed by atoms with Crippen LogP contribution >= 0.6 is 0 Å². The molecule has 138 valence electrons. The topological polar surface area (TPSA) is 112 Å². The minimum absolute atomic E-state index is 0.0440. The molecule has 0 saturated carbocycles. The Labute approximate surface area is 145 Å². The lowest BCUT2D eigenvalue weighted by molar-refractivity contribution is -0.295. The average molecular weight is 354 g/mol. The predicted octanol–water partition coefficient (Wildman–Crippen LogP) is 0.145. The summed E-state index contributed by atoms with van der Waals surface area (Å²) in [4.78, 5) is 22.4. The highest BCUT2D eigenvalue weighted by Crippen LogP contribution is 2.25. The van der Waals surface area contributed by atoms with Crippen LogP contribution in [0, 0.1) is 0 Å². The first kappa shape index (κ1) is 19.3. The lowest BCUT2D eigenvalue weighted by Crippen LogP contribution is -2.61. The highest BCUT2D eigenvalue weighted by Gasteiger charge is 2.48. The largest absolute Gasteiger partial charge is 0.455 e. The molecule has 0 aromatic heterocycles. The van der Waals surface area contributed by atoms with Crippen molar-refractivity contribution in [3.63, 3.8) is 0 Å². The molecule has 2 N–H and O–H groups in total. The molecule has 1 aliphatic heterocycles. The van der Waals surface area contributed by atoms with Crippen molar-refractivity contribution in [1.29, 1.82) is 0 Å². The number of benzene rings is 1. The van der Waals surface area contributed by atoms with E-state index in [-0.39, 0.29) is 13.2 Å². The number of esters is 2. The lowest BCUT2D eigenvalue weighted by atomic mass is 9.98. The van der Waals surface area contributed by atoms with Crippen LogP contribution in [0.5, 0.6) is 0 Å². The second-order valence-corrected chi connectivity index (χ2v) is 5.70. The van der Waals surface area contributed by atoms with Gasteiger partial charge in [0.15, 0.2) is 18.5 Å². The van der Waals surface area contributed by atoms with Crippen molar-refractivity contribution in [2.24, 2.45) is 0 Å². The van der Waals surface area contributed by atoms with E-state index in [4.69, 9.17) is 18.9 Å². The summed E-state index contributed by atoms with van der Waals surface area (Å²) >= 11 is 0. The normalized spacial score (nSPS) is 29.0. The minimum atomic E-state index is -1.55. The van der Waals surface area contributed by atoms with Crippen molar-refractivity contribution in [3.8, 4) is 0 Å². The summed E-state index contributed by atoms with van der Waals surface area (Å²) in [6.07, 6.45) is -6.40. The highest BCUT2D eigenvalue weighted by molar-refractivity contribution is 5.67. The van der Waals surface area contributed by atoms with Crippen LogP contribution in [0.3, 0.4) is 0 Å². The van der Waals surface area contributed by atoms with Crippen LogP contribution in [-0.2, 0) is 35.1 Å². The fourth-order valence-corrected chi connectivity index (χ4v) is 2.56. The molecule has 5 atom stereocenters. The van der Waals surface area contributed by atoms with E-state index in [9.17, 15) is 19.8 Å². The van der Waals surface area contributed by atoms with Gasteiger partial charge in [-0.25, -0.2) is 0 Å². The molecule has 8 nitrogen and oxygen atoms in total. The molecule has 1 heterocycles. The van der Waals surface area contributed by atoms with Crippen LogP contribution in [0.1, 0.15) is 19.4 Å². The maximum atomic E-state index is 11.3. The van der Waals surface area contributed by atoms with E-state index in [1.165, 1.54) is 0 Å². The molecule has 1 saturated heterocycles. The van der Waals surface area contributed by atoms with Gasteiger partial charge in [0.1, 0.15) is 12.2 Å². The van der Waals surface area contributed by atoms with Crippen LogP contribution in [0.2, 0.25) is 0 Å². The molecule has 0 unspecified atom stereocenters. The Hall–Kier alpha value is -2.00. The molecule has 25 heavy (non-hydrogen) atoms. The molecule has 1 aliphatic rings. The van der Waals surface area contributed by atoms with Crippen LogP contribution in [0.25, 0.3) is 0 Å². The third-order valence-corrected chi connectivity index (χ3v) is 3.63. The number of aliphatic hydroxyl groups is 2. The quantitative estimate of drug-likeness (QED) is 0.694. The van der Waals surface area contributed by atoms with Gasteiger partial charge < -0.3 is 29.2 Å². The maximum Gasteiger partial charge on any atom is 0.303 e. The van der Waals surface area contributed by atoms with Gasteiger partial charge in [-0.15, -0.1) is 0 Å². The van der Waals surface area contributed by atoms with Crippen molar-refractivity contribution in [3.05, 3.63) is 35.9 Å². The Morgan fingerprint density at radius 2 is 1.64 bits per heavy atom. The first-order valence-corrected chi connectivity index (χ1v) is 7.86. The van der Waals surface area contributed by atoms with Gasteiger partial charge in [-0.2, -0.15) is 0 Å². The van der Waals surface area contributed by atoms with Crippen molar-refractivity contribution in [1.82, 2.24) is 0 Å². The van der Waals surface area contributed by atoms with Gasteiger partial charge in [-0.05, 0) is 5.56 Å². The molecule has 0 spiro atoms. The first-order valence-electron chi connectivity index (χ1n) is 7.86. The van der Waals surface area contributed by atoms with Gasteiger partial charge in [-0.1, -0.05) is 30.3 Å². The molecule has 0 amide bonds. The van der Waals surface area contributed by atoms with Crippen molar-refractivity contribution < 1.29 is 38.7 Å². The average Bonchev–Trinajstić information content (AvgIpc) is 2.55. The van der Waals surface area contributed by atoms with E-state index in [2.05, 4.69) is 0 Å². The molecule has 1 fully saturated rings. The summed E-state index contributed by atoms with van der Waals surface area (Å²) in [7, 11) is 0. The summed E-state index contributed by atoms with van der Waals surface area (Å²) < 4.78 is 20.7. The SMILES string of the molecule is CC(=O)O[C@@H]1[C@@H](OC(C)=O)[C@H](O)[C@@H](COCc2ccccc2)O[C@H]1O. The van der Waals surface area contributed by atoms with Crippen LogP contribution in [-0.4, -0.2) is 59.5 Å². The second-order valence-electron chi connectivity index (χ2n) is 5.70. The number of aliphatic hydroxyl groups excluding tert-OH is 2. The minimum Gasteiger partial charge on any atom is -0.455 e. The van der Waals surface area contributed by atoms with E-state index in [1.807, 2.05) is 30.3 Å². The molecule has 1 aromatic carbocycles. The van der Waals surface area contributed by atoms with Gasteiger partial charge in [0, 0.05) is 13.8 Å². The number of rotatable bonds is 6. The third-order valence-electron chi connectivity index (χ3n) is 3.63. The lowest BCUT2D eigenvalue weighted by Gasteiger charge is -2.41. The zero-order chi connectivity index (χ0) is 18.4. The fraction of sp³-hybridized carbons (Fsp3) is 0.529. The van der Waals surface area contributed by atoms with Crippen molar-refractivity contribution in [2.75, 3.05) is 6.61 Å². The van der Waals surface area contributed by atoms with Gasteiger partial charge in [0.05, 0.1) is 13.2 Å². The van der Waals surface area contributed by atoms with E-state index in [0.717, 1.165) is 19.4 Å². The second kappa shape index (κ2) is 8.91. The number of carbonyl (C=O) groups excluding carboxylic acids is 2. The zero-order valence-electron chi connectivity index (χ0n) is 14.0. The molecule has 0 aliphatic carbocycles. The molecular formula is C17H22O8. The molecule has 2 rings (SSSR count). The monoisotopic (exact) mass is 354 g/mol. The molecule has 0 bridgehead atoms. The van der Waals surface area contributed by atoms with Crippen LogP contribution < -0.4 is 0 Å². The van der Waals surface area contributed by atoms with Gasteiger partial charge in [-0.3, -0.25) is 9.59 Å². The zero-order valence-corrected chi connectivity index (χ0v) is 14.0. The van der Waals surface area contributed by atoms with E-state index in [0.29, 0.717) is 0 Å². The Kier molecular flexibility index (Phi) is 6.89. The van der Waals surface area contributed by atoms with E-state index >= 15 is 0 Å². The number of carbonyl (C=O) groups is 2. The highest BCUT2D eigenvalue weighted by atomic mass is 16.7. The molecule has 1 aromatic rings. The van der Waals surface area contributed by atoms with Crippen LogP contribution in [0.15, 0.2) is 30.3 Å². The number of hydrogen-bond donors (Lipinski definition) is 2. The summed E-state index contributed by atoms with van der Waals surface area (Å²) in [5.74, 6) is -1.38. The van der Waals surface area contributed by atoms with Gasteiger partial charge >= 0.3 is 11.9 Å². The number of hydrogen-bond acceptors (Lipinski definition) is 8. The summed E-state index contributed by atoms with van der Waals surface area (Å²) in [5, 5.41) is 20.4. The van der Waals surface area contributed by atoms with E-state index in [1.54, 1.807) is 0 Å². The first-order chi connectivity index (χ1) is 11.9. The Morgan fingerprint density at radius 3 is 2.24 bits per heavy atom. The van der Waals surface area contributed by atoms with E-state index < -0.39 is 42.6 Å². The van der Waals surface area contributed by atoms with Crippen LogP contribution in [0.4, 0.5) is 0 Å². The van der Waals surface area contributed by atoms with Gasteiger partial charge in [0.25, 0.3) is 0 Å². The third kappa shape index (κ3) is 5.50. The Balaban J connectivity index is 1.99. The predicted molar refractivity (Wildman–Crippen MR) is 84.1 cm³/mol. The Morgan fingerprint density at radius 1 is 1.04 bits per heavy atom. The summed E-state index contributed by atoms with van der Waals surface area (Å²) in [6, 6.07) is 9.38. The molecular weight excluding hydrogens is 332 g/mol. The summed E-state index contributed by atoms with van der Waals surface area (Å²) in [6.45, 7) is 2.53. The number of ether oxygens (including phenoxy) is 4. The standard InChI is InChI=1S/C17H22O8/c1-10(18)23-15-14(20)13(25-17(21)16(15)24-11(2)19)9-22-8-12-6-4-3-5-7-12/h3-7,13-17,20-21H,8-9H2,1-2H3/t13-,14-,15+,16-,17-/m1/s1. The van der Waals surface area contributed by atoms with Crippen molar-refractivity contribution in [2.45, 2.75) is 51.2 Å². The van der Waals surface area contributed by atoms with Crippen molar-refractivity contribution >= 4 is 11.9 Å². The van der Waals surface area contributed by atoms with Gasteiger partial charge in [0.2, 0.25) is 0 Å². The molecule has 0 radical (unpaired) electrons. The molecule has 8 heteroatoms. The summed E-state index contributed by atoms with van der Waals surface area (Å²) in [5.41, 5.74) is 0.933. The maximum absolute atomic E-state index is 11.3. The smallest absolute Gasteiger partial charge is 0.303 e. The Bertz CT molecular complexity index is 575.